The Morgan fingerprint density at radius 1 is 0.955 bits per heavy atom. The summed E-state index contributed by atoms with van der Waals surface area (Å²) < 4.78 is 0. The maximum atomic E-state index is 11.0. The number of hydrogen-bond donors (Lipinski definition) is 2. The second-order valence-corrected chi connectivity index (χ2v) is 5.53. The van der Waals surface area contributed by atoms with Crippen molar-refractivity contribution in [2.45, 2.75) is 6.04 Å². The molecule has 22 heavy (non-hydrogen) atoms. The summed E-state index contributed by atoms with van der Waals surface area (Å²) in [5.41, 5.74) is 2.71. The summed E-state index contributed by atoms with van der Waals surface area (Å²) in [7, 11) is 0. The van der Waals surface area contributed by atoms with E-state index in [4.69, 9.17) is 5.11 Å². The number of nitrogens with one attached hydrogen (secondary N) is 1. The minimum absolute atomic E-state index is 0.172. The van der Waals surface area contributed by atoms with E-state index in [1.54, 1.807) is 12.1 Å². The van der Waals surface area contributed by atoms with Gasteiger partial charge >= 0.3 is 5.97 Å². The van der Waals surface area contributed by atoms with Crippen LogP contribution in [0.3, 0.4) is 0 Å². The van der Waals surface area contributed by atoms with E-state index >= 15 is 0 Å². The van der Waals surface area contributed by atoms with Crippen molar-refractivity contribution in [2.75, 3.05) is 26.2 Å². The zero-order valence-corrected chi connectivity index (χ0v) is 12.4. The van der Waals surface area contributed by atoms with E-state index in [2.05, 4.69) is 34.5 Å². The molecule has 0 aliphatic carbocycles. The van der Waals surface area contributed by atoms with Crippen LogP contribution in [-0.2, 0) is 0 Å². The minimum atomic E-state index is -0.884. The number of benzene rings is 2. The van der Waals surface area contributed by atoms with Gasteiger partial charge in [-0.05, 0) is 23.3 Å². The standard InChI is InChI=1S/C18H20N2O2/c21-18(22)16-8-6-15(7-9-16)17(14-4-2-1-3-5-14)20-12-10-19-11-13-20/h1-9,17,19H,10-13H2,(H,21,22)/t17-/m1/s1. The number of carboxylic acid groups (broad SMARTS) is 1. The monoisotopic (exact) mass is 296 g/mol. The largest absolute Gasteiger partial charge is 0.478 e. The minimum Gasteiger partial charge on any atom is -0.478 e. The van der Waals surface area contributed by atoms with E-state index in [1.165, 1.54) is 5.56 Å². The third kappa shape index (κ3) is 3.18. The number of hydrogen-bond acceptors (Lipinski definition) is 3. The van der Waals surface area contributed by atoms with Crippen molar-refractivity contribution in [1.29, 1.82) is 0 Å². The van der Waals surface area contributed by atoms with E-state index < -0.39 is 5.97 Å². The predicted molar refractivity (Wildman–Crippen MR) is 86.1 cm³/mol. The highest BCUT2D eigenvalue weighted by atomic mass is 16.4. The maximum absolute atomic E-state index is 11.0. The van der Waals surface area contributed by atoms with Gasteiger partial charge in [0.25, 0.3) is 0 Å². The van der Waals surface area contributed by atoms with E-state index in [1.807, 2.05) is 18.2 Å². The van der Waals surface area contributed by atoms with Gasteiger partial charge in [0, 0.05) is 26.2 Å². The molecule has 1 atom stereocenters. The van der Waals surface area contributed by atoms with Gasteiger partial charge < -0.3 is 10.4 Å². The molecule has 114 valence electrons. The van der Waals surface area contributed by atoms with Crippen LogP contribution in [-0.4, -0.2) is 42.2 Å². The molecule has 0 aromatic heterocycles. The number of carbonyl (C=O) groups is 1. The summed E-state index contributed by atoms with van der Waals surface area (Å²) in [6.45, 7) is 3.94. The fourth-order valence-electron chi connectivity index (χ4n) is 3.00. The molecule has 0 radical (unpaired) electrons. The Kier molecular flexibility index (Phi) is 4.51. The quantitative estimate of drug-likeness (QED) is 0.909. The normalized spacial score (nSPS) is 17.1. The van der Waals surface area contributed by atoms with Gasteiger partial charge in [-0.3, -0.25) is 4.90 Å². The van der Waals surface area contributed by atoms with Crippen molar-refractivity contribution in [1.82, 2.24) is 10.2 Å². The number of nitrogens with zero attached hydrogens (tertiary/aromatic N) is 1. The number of aromatic carboxylic acids is 1. The first-order chi connectivity index (χ1) is 10.8. The van der Waals surface area contributed by atoms with Gasteiger partial charge in [0.05, 0.1) is 11.6 Å². The summed E-state index contributed by atoms with van der Waals surface area (Å²) >= 11 is 0. The van der Waals surface area contributed by atoms with Crippen LogP contribution in [0.2, 0.25) is 0 Å². The molecule has 3 rings (SSSR count). The highest BCUT2D eigenvalue weighted by Gasteiger charge is 2.23. The van der Waals surface area contributed by atoms with Crippen LogP contribution in [0, 0.1) is 0 Å². The highest BCUT2D eigenvalue weighted by molar-refractivity contribution is 5.87. The second kappa shape index (κ2) is 6.73. The molecule has 1 aliphatic rings. The molecule has 0 amide bonds. The van der Waals surface area contributed by atoms with Gasteiger partial charge in [-0.1, -0.05) is 42.5 Å². The van der Waals surface area contributed by atoms with Crippen molar-refractivity contribution in [3.63, 3.8) is 0 Å². The molecule has 0 saturated carbocycles. The van der Waals surface area contributed by atoms with Gasteiger partial charge in [0.1, 0.15) is 0 Å². The molecule has 0 spiro atoms. The average Bonchev–Trinajstić information content (AvgIpc) is 2.57. The fourth-order valence-corrected chi connectivity index (χ4v) is 3.00. The molecule has 1 fully saturated rings. The molecule has 4 nitrogen and oxygen atoms in total. The first-order valence-electron chi connectivity index (χ1n) is 7.58. The van der Waals surface area contributed by atoms with Crippen molar-refractivity contribution >= 4 is 5.97 Å². The van der Waals surface area contributed by atoms with E-state index in [0.717, 1.165) is 31.7 Å². The molecule has 0 unspecified atom stereocenters. The van der Waals surface area contributed by atoms with Crippen LogP contribution in [0.15, 0.2) is 54.6 Å². The third-order valence-corrected chi connectivity index (χ3v) is 4.11. The molecule has 1 aliphatic heterocycles. The van der Waals surface area contributed by atoms with Gasteiger partial charge in [-0.25, -0.2) is 4.79 Å². The lowest BCUT2D eigenvalue weighted by atomic mass is 9.95. The van der Waals surface area contributed by atoms with Crippen molar-refractivity contribution in [3.05, 3.63) is 71.3 Å². The van der Waals surface area contributed by atoms with Gasteiger partial charge in [0.2, 0.25) is 0 Å². The summed E-state index contributed by atoms with van der Waals surface area (Å²) in [5, 5.41) is 12.4. The van der Waals surface area contributed by atoms with Crippen LogP contribution in [0.4, 0.5) is 0 Å². The smallest absolute Gasteiger partial charge is 0.335 e. The lowest BCUT2D eigenvalue weighted by molar-refractivity contribution is 0.0697. The van der Waals surface area contributed by atoms with E-state index in [-0.39, 0.29) is 6.04 Å². The molecule has 2 aromatic carbocycles. The molecule has 4 heteroatoms. The van der Waals surface area contributed by atoms with Crippen LogP contribution in [0.1, 0.15) is 27.5 Å². The second-order valence-electron chi connectivity index (χ2n) is 5.53. The fraction of sp³-hybridized carbons (Fsp3) is 0.278. The predicted octanol–water partition coefficient (Wildman–Crippen LogP) is 2.38. The van der Waals surface area contributed by atoms with E-state index in [9.17, 15) is 4.79 Å². The maximum Gasteiger partial charge on any atom is 0.335 e. The Balaban J connectivity index is 1.95. The third-order valence-electron chi connectivity index (χ3n) is 4.11. The summed E-state index contributed by atoms with van der Waals surface area (Å²) in [6, 6.07) is 17.8. The molecule has 2 N–H and O–H groups in total. The first kappa shape index (κ1) is 14.8. The number of piperazine rings is 1. The van der Waals surface area contributed by atoms with Crippen molar-refractivity contribution in [2.24, 2.45) is 0 Å². The Morgan fingerprint density at radius 3 is 2.14 bits per heavy atom. The lowest BCUT2D eigenvalue weighted by Gasteiger charge is -2.35. The lowest BCUT2D eigenvalue weighted by Crippen LogP contribution is -2.45. The number of rotatable bonds is 4. The SMILES string of the molecule is O=C(O)c1ccc([C@@H](c2ccccc2)N2CCNCC2)cc1. The van der Waals surface area contributed by atoms with Gasteiger partial charge in [0.15, 0.2) is 0 Å². The molecule has 2 aromatic rings. The number of carboxylic acids is 1. The Bertz CT molecular complexity index is 619. The topological polar surface area (TPSA) is 52.6 Å². The van der Waals surface area contributed by atoms with Crippen molar-refractivity contribution < 1.29 is 9.90 Å². The zero-order chi connectivity index (χ0) is 15.4. The van der Waals surface area contributed by atoms with Crippen LogP contribution in [0.25, 0.3) is 0 Å². The summed E-state index contributed by atoms with van der Waals surface area (Å²) in [4.78, 5) is 13.5. The zero-order valence-electron chi connectivity index (χ0n) is 12.4. The first-order valence-corrected chi connectivity index (χ1v) is 7.58. The van der Waals surface area contributed by atoms with Gasteiger partial charge in [-0.2, -0.15) is 0 Å². The summed E-state index contributed by atoms with van der Waals surface area (Å²) in [6.07, 6.45) is 0. The van der Waals surface area contributed by atoms with Gasteiger partial charge in [-0.15, -0.1) is 0 Å². The molecular formula is C18H20N2O2. The van der Waals surface area contributed by atoms with E-state index in [0.29, 0.717) is 5.56 Å². The molecule has 1 heterocycles. The average molecular weight is 296 g/mol. The Morgan fingerprint density at radius 2 is 1.55 bits per heavy atom. The Labute approximate surface area is 130 Å². The van der Waals surface area contributed by atoms with Crippen molar-refractivity contribution in [3.8, 4) is 0 Å². The van der Waals surface area contributed by atoms with Crippen LogP contribution < -0.4 is 5.32 Å². The van der Waals surface area contributed by atoms with Crippen LogP contribution >= 0.6 is 0 Å². The molecular weight excluding hydrogens is 276 g/mol. The molecule has 1 saturated heterocycles. The highest BCUT2D eigenvalue weighted by Crippen LogP contribution is 2.29. The Hall–Kier alpha value is -2.17. The van der Waals surface area contributed by atoms with Crippen LogP contribution in [0.5, 0.6) is 0 Å². The molecule has 0 bridgehead atoms. The summed E-state index contributed by atoms with van der Waals surface area (Å²) in [5.74, 6) is -0.884.